The molecule has 0 saturated carbocycles. The fourth-order valence-corrected chi connectivity index (χ4v) is 4.76. The number of hydrogen-bond donors (Lipinski definition) is 1. The van der Waals surface area contributed by atoms with Crippen LogP contribution < -0.4 is 5.32 Å². The van der Waals surface area contributed by atoms with Crippen molar-refractivity contribution in [2.24, 2.45) is 11.8 Å². The quantitative estimate of drug-likeness (QED) is 0.439. The number of imide groups is 1. The van der Waals surface area contributed by atoms with Crippen LogP contribution in [0.1, 0.15) is 25.3 Å². The van der Waals surface area contributed by atoms with E-state index in [2.05, 4.69) is 10.4 Å². The molecular weight excluding hydrogens is 447 g/mol. The number of aromatic nitrogens is 2. The summed E-state index contributed by atoms with van der Waals surface area (Å²) >= 11 is 0. The number of halogens is 1. The van der Waals surface area contributed by atoms with E-state index in [1.165, 1.54) is 12.1 Å². The van der Waals surface area contributed by atoms with Gasteiger partial charge in [0.2, 0.25) is 17.7 Å². The third-order valence-electron chi connectivity index (χ3n) is 6.69. The van der Waals surface area contributed by atoms with E-state index >= 15 is 0 Å². The number of nitrogens with zero attached hydrogens (tertiary/aromatic N) is 3. The Labute approximate surface area is 202 Å². The molecule has 1 saturated heterocycles. The SMILES string of the molecule is C[C@@H](C(=O)NCc1cn(-c2ccccc2)nc1-c1ccc(F)cc1)N1C(=O)C2CC=CCC2C1=O. The average Bonchev–Trinajstić information content (AvgIpc) is 3.42. The monoisotopic (exact) mass is 472 g/mol. The summed E-state index contributed by atoms with van der Waals surface area (Å²) in [6.45, 7) is 1.71. The molecule has 3 amide bonds. The Balaban J connectivity index is 1.36. The van der Waals surface area contributed by atoms with Crippen molar-refractivity contribution in [2.45, 2.75) is 32.4 Å². The lowest BCUT2D eigenvalue weighted by Gasteiger charge is -2.22. The van der Waals surface area contributed by atoms with Gasteiger partial charge in [0.05, 0.1) is 23.2 Å². The Morgan fingerprint density at radius 1 is 1.03 bits per heavy atom. The predicted molar refractivity (Wildman–Crippen MR) is 127 cm³/mol. The van der Waals surface area contributed by atoms with Crippen LogP contribution in [0.2, 0.25) is 0 Å². The fraction of sp³-hybridized carbons (Fsp3) is 0.259. The summed E-state index contributed by atoms with van der Waals surface area (Å²) in [6.07, 6.45) is 6.70. The Bertz CT molecular complexity index is 1270. The van der Waals surface area contributed by atoms with Gasteiger partial charge in [-0.15, -0.1) is 0 Å². The van der Waals surface area contributed by atoms with E-state index in [0.29, 0.717) is 24.1 Å². The van der Waals surface area contributed by atoms with Crippen molar-refractivity contribution in [3.63, 3.8) is 0 Å². The third-order valence-corrected chi connectivity index (χ3v) is 6.69. The molecule has 1 aliphatic carbocycles. The molecule has 1 fully saturated rings. The maximum absolute atomic E-state index is 13.5. The fourth-order valence-electron chi connectivity index (χ4n) is 4.76. The number of fused-ring (bicyclic) bond motifs is 1. The van der Waals surface area contributed by atoms with Gasteiger partial charge in [0.1, 0.15) is 11.9 Å². The number of benzene rings is 2. The minimum absolute atomic E-state index is 0.132. The smallest absolute Gasteiger partial charge is 0.243 e. The molecule has 2 aliphatic rings. The highest BCUT2D eigenvalue weighted by molar-refractivity contribution is 6.08. The molecule has 0 bridgehead atoms. The van der Waals surface area contributed by atoms with Crippen LogP contribution in [0.25, 0.3) is 16.9 Å². The number of hydrogen-bond acceptors (Lipinski definition) is 4. The van der Waals surface area contributed by atoms with Gasteiger partial charge in [0.15, 0.2) is 0 Å². The summed E-state index contributed by atoms with van der Waals surface area (Å²) in [5.74, 6) is -2.09. The van der Waals surface area contributed by atoms with Crippen LogP contribution >= 0.6 is 0 Å². The van der Waals surface area contributed by atoms with E-state index in [0.717, 1.165) is 16.2 Å². The topological polar surface area (TPSA) is 84.3 Å². The van der Waals surface area contributed by atoms with Crippen molar-refractivity contribution in [1.29, 1.82) is 0 Å². The molecule has 3 atom stereocenters. The summed E-state index contributed by atoms with van der Waals surface area (Å²) in [6, 6.07) is 14.6. The minimum Gasteiger partial charge on any atom is -0.350 e. The zero-order valence-electron chi connectivity index (χ0n) is 19.2. The zero-order chi connectivity index (χ0) is 24.5. The van der Waals surface area contributed by atoms with E-state index in [1.54, 1.807) is 23.7 Å². The molecule has 1 aromatic heterocycles. The molecule has 0 spiro atoms. The maximum Gasteiger partial charge on any atom is 0.243 e. The van der Waals surface area contributed by atoms with Crippen molar-refractivity contribution < 1.29 is 18.8 Å². The lowest BCUT2D eigenvalue weighted by molar-refractivity contribution is -0.147. The second-order valence-corrected chi connectivity index (χ2v) is 8.89. The lowest BCUT2D eigenvalue weighted by atomic mass is 9.85. The van der Waals surface area contributed by atoms with Gasteiger partial charge in [-0.25, -0.2) is 9.07 Å². The van der Waals surface area contributed by atoms with Crippen LogP contribution in [0.15, 0.2) is 72.9 Å². The molecular formula is C27H25FN4O3. The highest BCUT2D eigenvalue weighted by atomic mass is 19.1. The minimum atomic E-state index is -0.918. The summed E-state index contributed by atoms with van der Waals surface area (Å²) in [4.78, 5) is 39.8. The number of carbonyl (C=O) groups excluding carboxylic acids is 3. The summed E-state index contributed by atoms with van der Waals surface area (Å²) in [5, 5.41) is 7.53. The number of rotatable bonds is 6. The van der Waals surface area contributed by atoms with Crippen LogP contribution in [0.4, 0.5) is 4.39 Å². The maximum atomic E-state index is 13.5. The first-order valence-corrected chi connectivity index (χ1v) is 11.6. The number of nitrogens with one attached hydrogen (secondary N) is 1. The highest BCUT2D eigenvalue weighted by Gasteiger charge is 2.50. The highest BCUT2D eigenvalue weighted by Crippen LogP contribution is 2.36. The molecule has 1 N–H and O–H groups in total. The molecule has 178 valence electrons. The molecule has 3 aromatic rings. The number of carbonyl (C=O) groups is 3. The van der Waals surface area contributed by atoms with Gasteiger partial charge in [-0.1, -0.05) is 30.4 Å². The van der Waals surface area contributed by atoms with E-state index in [1.807, 2.05) is 48.7 Å². The first-order valence-electron chi connectivity index (χ1n) is 11.6. The summed E-state index contributed by atoms with van der Waals surface area (Å²) in [7, 11) is 0. The van der Waals surface area contributed by atoms with Crippen LogP contribution in [-0.4, -0.2) is 38.4 Å². The predicted octanol–water partition coefficient (Wildman–Crippen LogP) is 3.63. The molecule has 1 aliphatic heterocycles. The van der Waals surface area contributed by atoms with Gasteiger partial charge in [0, 0.05) is 23.9 Å². The van der Waals surface area contributed by atoms with Crippen molar-refractivity contribution in [3.8, 4) is 16.9 Å². The zero-order valence-corrected chi connectivity index (χ0v) is 19.2. The lowest BCUT2D eigenvalue weighted by Crippen LogP contribution is -2.48. The third kappa shape index (κ3) is 4.27. The Morgan fingerprint density at radius 3 is 2.29 bits per heavy atom. The van der Waals surface area contributed by atoms with Crippen LogP contribution in [0.5, 0.6) is 0 Å². The standard InChI is InChI=1S/C27H25FN4O3/c1-17(32-26(34)22-9-5-6-10-23(22)27(32)35)25(33)29-15-19-16-31(21-7-3-2-4-8-21)30-24(19)18-11-13-20(28)14-12-18/h2-8,11-14,16-17,22-23H,9-10,15H2,1H3,(H,29,33)/t17-,22?,23?/m0/s1. The van der Waals surface area contributed by atoms with E-state index < -0.39 is 11.9 Å². The number of amides is 3. The second-order valence-electron chi connectivity index (χ2n) is 8.89. The molecule has 8 heteroatoms. The van der Waals surface area contributed by atoms with Gasteiger partial charge in [-0.05, 0) is 56.2 Å². The van der Waals surface area contributed by atoms with Gasteiger partial charge in [-0.3, -0.25) is 19.3 Å². The average molecular weight is 473 g/mol. The van der Waals surface area contributed by atoms with Gasteiger partial charge < -0.3 is 5.32 Å². The molecule has 2 unspecified atom stereocenters. The summed E-state index contributed by atoms with van der Waals surface area (Å²) in [5.41, 5.74) is 2.87. The molecule has 2 aromatic carbocycles. The number of para-hydroxylation sites is 1. The first kappa shape index (κ1) is 22.7. The van der Waals surface area contributed by atoms with Crippen LogP contribution in [0.3, 0.4) is 0 Å². The Morgan fingerprint density at radius 2 is 1.66 bits per heavy atom. The van der Waals surface area contributed by atoms with Crippen molar-refractivity contribution in [3.05, 3.63) is 84.3 Å². The normalized spacial score (nSPS) is 20.1. The first-order chi connectivity index (χ1) is 16.9. The van der Waals surface area contributed by atoms with Crippen molar-refractivity contribution in [1.82, 2.24) is 20.0 Å². The largest absolute Gasteiger partial charge is 0.350 e. The van der Waals surface area contributed by atoms with Crippen molar-refractivity contribution in [2.75, 3.05) is 0 Å². The molecule has 2 heterocycles. The van der Waals surface area contributed by atoms with Crippen LogP contribution in [0, 0.1) is 17.7 Å². The van der Waals surface area contributed by atoms with Gasteiger partial charge >= 0.3 is 0 Å². The molecule has 35 heavy (non-hydrogen) atoms. The molecule has 5 rings (SSSR count). The number of allylic oxidation sites excluding steroid dienone is 2. The molecule has 7 nitrogen and oxygen atoms in total. The number of likely N-dealkylation sites (tertiary alicyclic amines) is 1. The summed E-state index contributed by atoms with van der Waals surface area (Å²) < 4.78 is 15.2. The van der Waals surface area contributed by atoms with E-state index in [-0.39, 0.29) is 36.0 Å². The Hall–Kier alpha value is -4.07. The van der Waals surface area contributed by atoms with Crippen molar-refractivity contribution >= 4 is 17.7 Å². The van der Waals surface area contributed by atoms with Gasteiger partial charge in [-0.2, -0.15) is 5.10 Å². The second kappa shape index (κ2) is 9.29. The van der Waals surface area contributed by atoms with Crippen LogP contribution in [-0.2, 0) is 20.9 Å². The molecule has 0 radical (unpaired) electrons. The Kier molecular flexibility index (Phi) is 6.03. The van der Waals surface area contributed by atoms with Gasteiger partial charge in [0.25, 0.3) is 0 Å². The van der Waals surface area contributed by atoms with E-state index in [4.69, 9.17) is 0 Å². The van der Waals surface area contributed by atoms with E-state index in [9.17, 15) is 18.8 Å².